The van der Waals surface area contributed by atoms with E-state index in [1.54, 1.807) is 0 Å². The van der Waals surface area contributed by atoms with Crippen LogP contribution in [0.15, 0.2) is 41.4 Å². The highest BCUT2D eigenvalue weighted by Gasteiger charge is 2.31. The van der Waals surface area contributed by atoms with Crippen LogP contribution in [0.1, 0.15) is 38.2 Å². The molecule has 1 aromatic rings. The summed E-state index contributed by atoms with van der Waals surface area (Å²) in [5.74, 6) is 0.954. The van der Waals surface area contributed by atoms with Crippen LogP contribution in [-0.4, -0.2) is 55.7 Å². The van der Waals surface area contributed by atoms with E-state index in [1.165, 1.54) is 50.0 Å². The first-order valence-electron chi connectivity index (χ1n) is 10.6. The number of nitrogens with zero attached hydrogens (tertiary/aromatic N) is 3. The summed E-state index contributed by atoms with van der Waals surface area (Å²) in [4.78, 5) is 9.86. The van der Waals surface area contributed by atoms with Gasteiger partial charge in [0.25, 0.3) is 0 Å². The molecule has 28 heavy (non-hydrogen) atoms. The molecule has 2 aliphatic heterocycles. The van der Waals surface area contributed by atoms with E-state index in [4.69, 9.17) is 4.99 Å². The monoisotopic (exact) mass is 495 g/mol. The van der Waals surface area contributed by atoms with E-state index >= 15 is 0 Å². The number of guanidine groups is 1. The zero-order valence-electron chi connectivity index (χ0n) is 16.9. The van der Waals surface area contributed by atoms with Gasteiger partial charge in [-0.15, -0.1) is 24.0 Å². The van der Waals surface area contributed by atoms with Crippen molar-refractivity contribution in [1.82, 2.24) is 15.5 Å². The maximum Gasteiger partial charge on any atom is 0.191 e. The average Bonchev–Trinajstić information content (AvgIpc) is 3.41. The van der Waals surface area contributed by atoms with Gasteiger partial charge >= 0.3 is 0 Å². The van der Waals surface area contributed by atoms with Gasteiger partial charge in [0.15, 0.2) is 5.96 Å². The molecule has 0 amide bonds. The molecular weight excluding hydrogens is 461 g/mol. The van der Waals surface area contributed by atoms with Gasteiger partial charge in [-0.05, 0) is 50.3 Å². The largest absolute Gasteiger partial charge is 0.364 e. The highest BCUT2D eigenvalue weighted by atomic mass is 127. The molecule has 0 spiro atoms. The van der Waals surface area contributed by atoms with E-state index in [2.05, 4.69) is 63.8 Å². The Morgan fingerprint density at radius 3 is 2.32 bits per heavy atom. The van der Waals surface area contributed by atoms with E-state index in [1.807, 2.05) is 0 Å². The quantitative estimate of drug-likeness (QED) is 0.275. The Hall–Kier alpha value is -1.28. The third-order valence-corrected chi connectivity index (χ3v) is 5.82. The zero-order valence-corrected chi connectivity index (χ0v) is 19.3. The van der Waals surface area contributed by atoms with Gasteiger partial charge in [0.2, 0.25) is 0 Å². The maximum atomic E-state index is 4.83. The third kappa shape index (κ3) is 5.86. The van der Waals surface area contributed by atoms with Crippen LogP contribution in [0.3, 0.4) is 0 Å². The Morgan fingerprint density at radius 2 is 1.71 bits per heavy atom. The normalized spacial score (nSPS) is 20.9. The van der Waals surface area contributed by atoms with Gasteiger partial charge in [-0.3, -0.25) is 0 Å². The van der Waals surface area contributed by atoms with Gasteiger partial charge in [0, 0.05) is 50.5 Å². The van der Waals surface area contributed by atoms with Crippen LogP contribution in [-0.2, 0) is 6.54 Å². The fourth-order valence-electron chi connectivity index (χ4n) is 4.03. The third-order valence-electron chi connectivity index (χ3n) is 5.82. The molecule has 3 aliphatic rings. The minimum atomic E-state index is 0. The molecule has 2 heterocycles. The Bertz CT molecular complexity index is 652. The number of halogens is 1. The second-order valence-corrected chi connectivity index (χ2v) is 7.92. The van der Waals surface area contributed by atoms with E-state index in [-0.39, 0.29) is 24.0 Å². The smallest absolute Gasteiger partial charge is 0.191 e. The van der Waals surface area contributed by atoms with Crippen LogP contribution in [0, 0.1) is 0 Å². The van der Waals surface area contributed by atoms with Gasteiger partial charge < -0.3 is 20.4 Å². The lowest BCUT2D eigenvalue weighted by Crippen LogP contribution is -2.49. The van der Waals surface area contributed by atoms with Crippen molar-refractivity contribution in [3.8, 4) is 0 Å². The van der Waals surface area contributed by atoms with Gasteiger partial charge in [0.1, 0.15) is 0 Å². The average molecular weight is 495 g/mol. The number of aliphatic imine (C=N–C) groups is 1. The van der Waals surface area contributed by atoms with Crippen molar-refractivity contribution in [3.05, 3.63) is 42.0 Å². The van der Waals surface area contributed by atoms with E-state index in [0.717, 1.165) is 38.2 Å². The fraction of sp³-hybridized carbons (Fsp3) is 0.591. The molecule has 1 saturated heterocycles. The molecule has 1 aromatic carbocycles. The molecule has 2 fully saturated rings. The molecule has 0 radical (unpaired) electrons. The van der Waals surface area contributed by atoms with Crippen LogP contribution in [0.4, 0.5) is 5.69 Å². The number of nitrogens with one attached hydrogen (secondary N) is 2. The molecule has 4 rings (SSSR count). The summed E-state index contributed by atoms with van der Waals surface area (Å²) in [7, 11) is 0. The summed E-state index contributed by atoms with van der Waals surface area (Å²) >= 11 is 0. The summed E-state index contributed by atoms with van der Waals surface area (Å²) < 4.78 is 0. The van der Waals surface area contributed by atoms with E-state index in [9.17, 15) is 0 Å². The number of piperidine rings is 1. The van der Waals surface area contributed by atoms with Crippen molar-refractivity contribution in [2.75, 3.05) is 37.6 Å². The molecule has 5 nitrogen and oxygen atoms in total. The van der Waals surface area contributed by atoms with Crippen molar-refractivity contribution in [3.63, 3.8) is 0 Å². The Morgan fingerprint density at radius 1 is 1.04 bits per heavy atom. The highest BCUT2D eigenvalue weighted by molar-refractivity contribution is 14.0. The summed E-state index contributed by atoms with van der Waals surface area (Å²) in [5.41, 5.74) is 2.55. The van der Waals surface area contributed by atoms with Crippen molar-refractivity contribution in [2.24, 2.45) is 4.99 Å². The number of benzene rings is 1. The predicted molar refractivity (Wildman–Crippen MR) is 129 cm³/mol. The lowest BCUT2D eigenvalue weighted by molar-refractivity contribution is 0.197. The zero-order chi connectivity index (χ0) is 18.5. The summed E-state index contributed by atoms with van der Waals surface area (Å²) in [6.45, 7) is 8.24. The molecule has 6 heteroatoms. The standard InChI is InChI=1S/C22H33N5.HI/c1-2-23-22(25-19-11-15-27(16-12-19)21-9-10-21)24-17-18-5-7-20(8-6-18)26-13-3-4-14-26;/h3-8,19,21H,2,9-17H2,1H3,(H2,23,24,25);1H. The summed E-state index contributed by atoms with van der Waals surface area (Å²) in [6.07, 6.45) is 9.72. The Labute approximate surface area is 186 Å². The molecule has 154 valence electrons. The number of rotatable bonds is 6. The van der Waals surface area contributed by atoms with Gasteiger partial charge in [-0.25, -0.2) is 4.99 Å². The summed E-state index contributed by atoms with van der Waals surface area (Å²) in [6, 6.07) is 10.3. The number of anilines is 1. The molecule has 0 bridgehead atoms. The molecular formula is C22H34IN5. The predicted octanol–water partition coefficient (Wildman–Crippen LogP) is 3.36. The van der Waals surface area contributed by atoms with Crippen LogP contribution in [0.5, 0.6) is 0 Å². The minimum Gasteiger partial charge on any atom is -0.364 e. The van der Waals surface area contributed by atoms with Crippen molar-refractivity contribution in [2.45, 2.75) is 51.2 Å². The first-order chi connectivity index (χ1) is 13.3. The summed E-state index contributed by atoms with van der Waals surface area (Å²) in [5, 5.41) is 7.07. The van der Waals surface area contributed by atoms with Crippen LogP contribution < -0.4 is 15.5 Å². The van der Waals surface area contributed by atoms with Crippen LogP contribution >= 0.6 is 24.0 Å². The first kappa shape index (κ1) is 21.4. The highest BCUT2D eigenvalue weighted by Crippen LogP contribution is 2.29. The van der Waals surface area contributed by atoms with Crippen molar-refractivity contribution in [1.29, 1.82) is 0 Å². The Balaban J connectivity index is 0.00000225. The van der Waals surface area contributed by atoms with Gasteiger partial charge in [-0.1, -0.05) is 24.3 Å². The number of hydrogen-bond acceptors (Lipinski definition) is 3. The second-order valence-electron chi connectivity index (χ2n) is 7.92. The fourth-order valence-corrected chi connectivity index (χ4v) is 4.03. The Kier molecular flexibility index (Phi) is 8.02. The molecule has 2 N–H and O–H groups in total. The molecule has 1 saturated carbocycles. The minimum absolute atomic E-state index is 0. The molecule has 1 aliphatic carbocycles. The van der Waals surface area contributed by atoms with Gasteiger partial charge in [-0.2, -0.15) is 0 Å². The molecule has 0 atom stereocenters. The van der Waals surface area contributed by atoms with E-state index < -0.39 is 0 Å². The molecule has 0 aromatic heterocycles. The number of hydrogen-bond donors (Lipinski definition) is 2. The second kappa shape index (κ2) is 10.5. The van der Waals surface area contributed by atoms with Gasteiger partial charge in [0.05, 0.1) is 6.54 Å². The van der Waals surface area contributed by atoms with Crippen LogP contribution in [0.25, 0.3) is 0 Å². The lowest BCUT2D eigenvalue weighted by atomic mass is 10.1. The van der Waals surface area contributed by atoms with Crippen LogP contribution in [0.2, 0.25) is 0 Å². The van der Waals surface area contributed by atoms with Crippen molar-refractivity contribution < 1.29 is 0 Å². The first-order valence-corrected chi connectivity index (χ1v) is 10.6. The number of likely N-dealkylation sites (tertiary alicyclic amines) is 1. The van der Waals surface area contributed by atoms with E-state index in [0.29, 0.717) is 6.04 Å². The maximum absolute atomic E-state index is 4.83. The topological polar surface area (TPSA) is 42.9 Å². The SMILES string of the molecule is CCNC(=NCc1ccc(N2CC=CC2)cc1)NC1CCN(C2CC2)CC1.I. The lowest BCUT2D eigenvalue weighted by Gasteiger charge is -2.33. The van der Waals surface area contributed by atoms with Crippen molar-refractivity contribution >= 4 is 35.6 Å². The molecule has 0 unspecified atom stereocenters.